The fourth-order valence-electron chi connectivity index (χ4n) is 2.25. The van der Waals surface area contributed by atoms with Crippen LogP contribution in [0, 0.1) is 0 Å². The van der Waals surface area contributed by atoms with Gasteiger partial charge in [-0.05, 0) is 44.6 Å². The predicted molar refractivity (Wildman–Crippen MR) is 92.1 cm³/mol. The van der Waals surface area contributed by atoms with Crippen molar-refractivity contribution in [1.29, 1.82) is 0 Å². The van der Waals surface area contributed by atoms with Crippen molar-refractivity contribution in [2.24, 2.45) is 0 Å². The molecule has 1 aromatic carbocycles. The van der Waals surface area contributed by atoms with Gasteiger partial charge in [0.1, 0.15) is 0 Å². The van der Waals surface area contributed by atoms with Crippen LogP contribution >= 0.6 is 15.9 Å². The molecule has 1 N–H and O–H groups in total. The van der Waals surface area contributed by atoms with Crippen molar-refractivity contribution >= 4 is 15.9 Å². The van der Waals surface area contributed by atoms with Gasteiger partial charge in [-0.1, -0.05) is 60.8 Å². The molecule has 0 spiro atoms. The monoisotopic (exact) mass is 340 g/mol. The number of benzene rings is 1. The molecule has 3 heteroatoms. The van der Waals surface area contributed by atoms with Crippen molar-refractivity contribution in [3.63, 3.8) is 0 Å². The van der Waals surface area contributed by atoms with E-state index < -0.39 is 0 Å². The van der Waals surface area contributed by atoms with E-state index in [1.807, 2.05) is 0 Å². The smallest absolute Gasteiger partial charge is 0.0241 e. The number of nitrogens with one attached hydrogen (secondary N) is 1. The Morgan fingerprint density at radius 1 is 1.10 bits per heavy atom. The zero-order valence-corrected chi connectivity index (χ0v) is 14.7. The summed E-state index contributed by atoms with van der Waals surface area (Å²) in [5, 5.41) is 3.47. The number of rotatable bonds is 10. The summed E-state index contributed by atoms with van der Waals surface area (Å²) < 4.78 is 1.21. The zero-order valence-electron chi connectivity index (χ0n) is 13.2. The molecular weight excluding hydrogens is 312 g/mol. The van der Waals surface area contributed by atoms with E-state index >= 15 is 0 Å². The van der Waals surface area contributed by atoms with Gasteiger partial charge >= 0.3 is 0 Å². The van der Waals surface area contributed by atoms with Crippen LogP contribution in [0.25, 0.3) is 0 Å². The van der Waals surface area contributed by atoms with Crippen LogP contribution in [0.4, 0.5) is 0 Å². The molecule has 1 rings (SSSR count). The number of halogens is 1. The first-order valence-electron chi connectivity index (χ1n) is 7.75. The van der Waals surface area contributed by atoms with E-state index in [0.717, 1.165) is 13.1 Å². The largest absolute Gasteiger partial charge is 0.315 e. The van der Waals surface area contributed by atoms with E-state index in [0.29, 0.717) is 6.04 Å². The van der Waals surface area contributed by atoms with Crippen LogP contribution in [-0.4, -0.2) is 31.1 Å². The Labute approximate surface area is 133 Å². The van der Waals surface area contributed by atoms with Gasteiger partial charge in [0.25, 0.3) is 0 Å². The van der Waals surface area contributed by atoms with E-state index in [2.05, 4.69) is 71.3 Å². The topological polar surface area (TPSA) is 15.3 Å². The summed E-state index contributed by atoms with van der Waals surface area (Å²) in [6.07, 6.45) is 5.26. The lowest BCUT2D eigenvalue weighted by molar-refractivity contribution is 0.316. The Balaban J connectivity index is 2.06. The Morgan fingerprint density at radius 3 is 2.50 bits per heavy atom. The van der Waals surface area contributed by atoms with Crippen molar-refractivity contribution in [1.82, 2.24) is 10.2 Å². The molecule has 0 aliphatic carbocycles. The van der Waals surface area contributed by atoms with Crippen LogP contribution in [0.5, 0.6) is 0 Å². The molecule has 0 atom stereocenters. The minimum absolute atomic E-state index is 0.616. The number of nitrogens with zero attached hydrogens (tertiary/aromatic N) is 1. The molecule has 0 unspecified atom stereocenters. The van der Waals surface area contributed by atoms with Crippen LogP contribution in [0.15, 0.2) is 28.7 Å². The molecule has 0 radical (unpaired) electrons. The standard InChI is InChI=1S/C17H29BrN2/c1-15(2)19-12-8-4-5-9-13-20(3)14-16-10-6-7-11-17(16)18/h6-7,10-11,15,19H,4-5,8-9,12-14H2,1-3H3. The van der Waals surface area contributed by atoms with Crippen LogP contribution in [0.2, 0.25) is 0 Å². The molecule has 0 saturated heterocycles. The highest BCUT2D eigenvalue weighted by molar-refractivity contribution is 9.10. The number of hydrogen-bond donors (Lipinski definition) is 1. The van der Waals surface area contributed by atoms with Crippen LogP contribution in [-0.2, 0) is 6.54 Å². The van der Waals surface area contributed by atoms with Crippen molar-refractivity contribution in [3.8, 4) is 0 Å². The summed E-state index contributed by atoms with van der Waals surface area (Å²) in [7, 11) is 2.21. The van der Waals surface area contributed by atoms with E-state index in [-0.39, 0.29) is 0 Å². The lowest BCUT2D eigenvalue weighted by atomic mass is 10.1. The maximum Gasteiger partial charge on any atom is 0.0241 e. The van der Waals surface area contributed by atoms with Gasteiger partial charge < -0.3 is 10.2 Å². The van der Waals surface area contributed by atoms with Gasteiger partial charge in [-0.15, -0.1) is 0 Å². The zero-order chi connectivity index (χ0) is 14.8. The molecule has 0 aliphatic heterocycles. The molecule has 0 aromatic heterocycles. The second kappa shape index (κ2) is 10.4. The fraction of sp³-hybridized carbons (Fsp3) is 0.647. The molecule has 0 bridgehead atoms. The van der Waals surface area contributed by atoms with Crippen molar-refractivity contribution < 1.29 is 0 Å². The SMILES string of the molecule is CC(C)NCCCCCCN(C)Cc1ccccc1Br. The minimum atomic E-state index is 0.616. The van der Waals surface area contributed by atoms with Crippen molar-refractivity contribution in [2.45, 2.75) is 52.1 Å². The first kappa shape index (κ1) is 17.7. The van der Waals surface area contributed by atoms with Crippen LogP contribution in [0.1, 0.15) is 45.1 Å². The number of unbranched alkanes of at least 4 members (excludes halogenated alkanes) is 3. The molecule has 114 valence electrons. The maximum absolute atomic E-state index is 3.61. The highest BCUT2D eigenvalue weighted by atomic mass is 79.9. The predicted octanol–water partition coefficient (Wildman–Crippen LogP) is 4.44. The third-order valence-corrected chi connectivity index (χ3v) is 4.19. The fourth-order valence-corrected chi connectivity index (χ4v) is 2.66. The van der Waals surface area contributed by atoms with Gasteiger partial charge in [0.05, 0.1) is 0 Å². The molecule has 0 heterocycles. The van der Waals surface area contributed by atoms with E-state index in [9.17, 15) is 0 Å². The molecule has 0 amide bonds. The third-order valence-electron chi connectivity index (χ3n) is 3.42. The molecular formula is C17H29BrN2. The summed E-state index contributed by atoms with van der Waals surface area (Å²) in [5.41, 5.74) is 1.37. The Morgan fingerprint density at radius 2 is 1.80 bits per heavy atom. The lowest BCUT2D eigenvalue weighted by Gasteiger charge is -2.17. The molecule has 0 aliphatic rings. The molecule has 0 saturated carbocycles. The van der Waals surface area contributed by atoms with Gasteiger partial charge in [0, 0.05) is 17.1 Å². The first-order valence-corrected chi connectivity index (χ1v) is 8.54. The second-order valence-electron chi connectivity index (χ2n) is 5.85. The molecule has 2 nitrogen and oxygen atoms in total. The molecule has 20 heavy (non-hydrogen) atoms. The Hall–Kier alpha value is -0.380. The Bertz CT molecular complexity index is 366. The maximum atomic E-state index is 3.61. The lowest BCUT2D eigenvalue weighted by Crippen LogP contribution is -2.23. The quantitative estimate of drug-likeness (QED) is 0.633. The first-order chi connectivity index (χ1) is 9.59. The average Bonchev–Trinajstić information content (AvgIpc) is 2.40. The van der Waals surface area contributed by atoms with Crippen molar-refractivity contribution in [3.05, 3.63) is 34.3 Å². The van der Waals surface area contributed by atoms with Gasteiger partial charge in [-0.2, -0.15) is 0 Å². The Kier molecular flexibility index (Phi) is 9.16. The molecule has 1 aromatic rings. The van der Waals surface area contributed by atoms with E-state index in [4.69, 9.17) is 0 Å². The third kappa shape index (κ3) is 8.03. The average molecular weight is 341 g/mol. The molecule has 0 fully saturated rings. The summed E-state index contributed by atoms with van der Waals surface area (Å²) >= 11 is 3.61. The highest BCUT2D eigenvalue weighted by Gasteiger charge is 2.03. The van der Waals surface area contributed by atoms with Gasteiger partial charge in [-0.25, -0.2) is 0 Å². The van der Waals surface area contributed by atoms with Gasteiger partial charge in [-0.3, -0.25) is 0 Å². The van der Waals surface area contributed by atoms with E-state index in [1.165, 1.54) is 42.3 Å². The summed E-state index contributed by atoms with van der Waals surface area (Å²) in [6.45, 7) is 7.77. The second-order valence-corrected chi connectivity index (χ2v) is 6.71. The minimum Gasteiger partial charge on any atom is -0.315 e. The summed E-state index contributed by atoms with van der Waals surface area (Å²) in [6, 6.07) is 9.10. The van der Waals surface area contributed by atoms with Crippen LogP contribution in [0.3, 0.4) is 0 Å². The summed E-state index contributed by atoms with van der Waals surface area (Å²) in [4.78, 5) is 2.41. The van der Waals surface area contributed by atoms with Crippen LogP contribution < -0.4 is 5.32 Å². The van der Waals surface area contributed by atoms with Gasteiger partial charge in [0.2, 0.25) is 0 Å². The van der Waals surface area contributed by atoms with E-state index in [1.54, 1.807) is 0 Å². The highest BCUT2D eigenvalue weighted by Crippen LogP contribution is 2.17. The normalized spacial score (nSPS) is 11.5. The number of hydrogen-bond acceptors (Lipinski definition) is 2. The summed E-state index contributed by atoms with van der Waals surface area (Å²) in [5.74, 6) is 0. The van der Waals surface area contributed by atoms with Gasteiger partial charge in [0.15, 0.2) is 0 Å². The van der Waals surface area contributed by atoms with Crippen molar-refractivity contribution in [2.75, 3.05) is 20.1 Å².